The van der Waals surface area contributed by atoms with Crippen LogP contribution in [-0.4, -0.2) is 11.7 Å². The minimum absolute atomic E-state index is 0.593. The van der Waals surface area contributed by atoms with Crippen molar-refractivity contribution >= 4 is 23.0 Å². The third-order valence-electron chi connectivity index (χ3n) is 4.82. The van der Waals surface area contributed by atoms with E-state index >= 15 is 0 Å². The van der Waals surface area contributed by atoms with Crippen molar-refractivity contribution in [2.75, 3.05) is 11.9 Å². The van der Waals surface area contributed by atoms with E-state index in [1.54, 1.807) is 5.56 Å². The van der Waals surface area contributed by atoms with Crippen LogP contribution in [-0.2, 0) is 12.8 Å². The van der Waals surface area contributed by atoms with Crippen molar-refractivity contribution in [3.63, 3.8) is 0 Å². The quantitative estimate of drug-likeness (QED) is 0.681. The predicted octanol–water partition coefficient (Wildman–Crippen LogP) is 5.41. The molecule has 2 nitrogen and oxygen atoms in total. The number of benzene rings is 1. The molecule has 1 saturated carbocycles. The summed E-state index contributed by atoms with van der Waals surface area (Å²) in [6.45, 7) is 9.78. The van der Waals surface area contributed by atoms with Crippen LogP contribution in [0.1, 0.15) is 76.0 Å². The maximum Gasteiger partial charge on any atom is 0.170 e. The first kappa shape index (κ1) is 18.3. The average molecular weight is 333 g/mol. The molecule has 0 aliphatic heterocycles. The molecular weight excluding hydrogens is 300 g/mol. The van der Waals surface area contributed by atoms with Gasteiger partial charge in [0.2, 0.25) is 0 Å². The zero-order valence-corrected chi connectivity index (χ0v) is 16.0. The molecular formula is C20H32N2S. The molecule has 0 amide bonds. The molecule has 2 N–H and O–H groups in total. The minimum atomic E-state index is 0.593. The standard InChI is InChI=1S/C20H32N2S/c1-5-15-11-18(17-9-7-8-10-17)12-16(6-2)19(15)22-20(23)21-13-14(3)4/h11-12,14,17H,5-10,13H2,1-4H3,(H2,21,22,23). The molecule has 0 unspecified atom stereocenters. The Bertz CT molecular complexity index is 505. The molecule has 0 radical (unpaired) electrons. The van der Waals surface area contributed by atoms with Gasteiger partial charge in [-0.1, -0.05) is 52.7 Å². The van der Waals surface area contributed by atoms with Crippen molar-refractivity contribution in [3.8, 4) is 0 Å². The number of hydrogen-bond donors (Lipinski definition) is 2. The van der Waals surface area contributed by atoms with Crippen LogP contribution in [0.5, 0.6) is 0 Å². The lowest BCUT2D eigenvalue weighted by Gasteiger charge is -2.21. The summed E-state index contributed by atoms with van der Waals surface area (Å²) < 4.78 is 0. The first-order chi connectivity index (χ1) is 11.0. The molecule has 1 aliphatic carbocycles. The Kier molecular flexibility index (Phi) is 6.88. The molecule has 0 saturated heterocycles. The van der Waals surface area contributed by atoms with Crippen molar-refractivity contribution in [1.29, 1.82) is 0 Å². The summed E-state index contributed by atoms with van der Waals surface area (Å²) in [4.78, 5) is 0. The molecule has 0 heterocycles. The molecule has 0 atom stereocenters. The zero-order valence-electron chi connectivity index (χ0n) is 15.2. The summed E-state index contributed by atoms with van der Waals surface area (Å²) >= 11 is 5.49. The number of aryl methyl sites for hydroxylation is 2. The van der Waals surface area contributed by atoms with Crippen LogP contribution >= 0.6 is 12.2 Å². The van der Waals surface area contributed by atoms with Gasteiger partial charge in [0.15, 0.2) is 5.11 Å². The first-order valence-corrected chi connectivity index (χ1v) is 9.66. The average Bonchev–Trinajstić information content (AvgIpc) is 3.07. The van der Waals surface area contributed by atoms with E-state index in [0.29, 0.717) is 5.92 Å². The Morgan fingerprint density at radius 1 is 1.13 bits per heavy atom. The molecule has 23 heavy (non-hydrogen) atoms. The van der Waals surface area contributed by atoms with Gasteiger partial charge in [-0.15, -0.1) is 0 Å². The Morgan fingerprint density at radius 2 is 1.70 bits per heavy atom. The van der Waals surface area contributed by atoms with E-state index in [4.69, 9.17) is 12.2 Å². The van der Waals surface area contributed by atoms with Gasteiger partial charge >= 0.3 is 0 Å². The maximum atomic E-state index is 5.49. The van der Waals surface area contributed by atoms with Crippen LogP contribution in [0.15, 0.2) is 12.1 Å². The highest BCUT2D eigenvalue weighted by Crippen LogP contribution is 2.37. The summed E-state index contributed by atoms with van der Waals surface area (Å²) in [7, 11) is 0. The smallest absolute Gasteiger partial charge is 0.170 e. The molecule has 1 aromatic rings. The molecule has 3 heteroatoms. The fraction of sp³-hybridized carbons (Fsp3) is 0.650. The molecule has 0 bridgehead atoms. The zero-order chi connectivity index (χ0) is 16.8. The molecule has 0 aromatic heterocycles. The second kappa shape index (κ2) is 8.68. The highest BCUT2D eigenvalue weighted by atomic mass is 32.1. The van der Waals surface area contributed by atoms with Gasteiger partial charge in [0, 0.05) is 12.2 Å². The molecule has 2 rings (SSSR count). The van der Waals surface area contributed by atoms with Crippen molar-refractivity contribution in [2.45, 2.75) is 72.1 Å². The van der Waals surface area contributed by atoms with Gasteiger partial charge in [-0.25, -0.2) is 0 Å². The van der Waals surface area contributed by atoms with Crippen LogP contribution in [0.25, 0.3) is 0 Å². The van der Waals surface area contributed by atoms with E-state index in [1.165, 1.54) is 42.5 Å². The monoisotopic (exact) mass is 332 g/mol. The van der Waals surface area contributed by atoms with Gasteiger partial charge in [0.25, 0.3) is 0 Å². The van der Waals surface area contributed by atoms with Crippen molar-refractivity contribution in [1.82, 2.24) is 5.32 Å². The van der Waals surface area contributed by atoms with E-state index in [-0.39, 0.29) is 0 Å². The summed E-state index contributed by atoms with van der Waals surface area (Å²) in [5.74, 6) is 1.36. The molecule has 128 valence electrons. The Morgan fingerprint density at radius 3 is 2.17 bits per heavy atom. The highest BCUT2D eigenvalue weighted by molar-refractivity contribution is 7.80. The Hall–Kier alpha value is -1.09. The number of nitrogens with one attached hydrogen (secondary N) is 2. The minimum Gasteiger partial charge on any atom is -0.362 e. The van der Waals surface area contributed by atoms with Crippen molar-refractivity contribution in [3.05, 3.63) is 28.8 Å². The Balaban J connectivity index is 2.21. The molecule has 0 spiro atoms. The fourth-order valence-electron chi connectivity index (χ4n) is 3.46. The largest absolute Gasteiger partial charge is 0.362 e. The molecule has 1 fully saturated rings. The number of anilines is 1. The van der Waals surface area contributed by atoms with Gasteiger partial charge < -0.3 is 10.6 Å². The number of hydrogen-bond acceptors (Lipinski definition) is 1. The van der Waals surface area contributed by atoms with E-state index < -0.39 is 0 Å². The lowest BCUT2D eigenvalue weighted by atomic mass is 9.91. The van der Waals surface area contributed by atoms with Crippen molar-refractivity contribution in [2.24, 2.45) is 5.92 Å². The van der Waals surface area contributed by atoms with E-state index in [2.05, 4.69) is 50.5 Å². The molecule has 1 aliphatic rings. The van der Waals surface area contributed by atoms with Crippen LogP contribution in [0, 0.1) is 5.92 Å². The fourth-order valence-corrected chi connectivity index (χ4v) is 3.65. The summed E-state index contributed by atoms with van der Waals surface area (Å²) in [6, 6.07) is 4.84. The second-order valence-electron chi connectivity index (χ2n) is 7.13. The number of rotatable bonds is 6. The lowest BCUT2D eigenvalue weighted by Crippen LogP contribution is -2.32. The first-order valence-electron chi connectivity index (χ1n) is 9.25. The highest BCUT2D eigenvalue weighted by Gasteiger charge is 2.20. The van der Waals surface area contributed by atoms with E-state index in [1.807, 2.05) is 0 Å². The summed E-state index contributed by atoms with van der Waals surface area (Å²) in [5.41, 5.74) is 5.58. The van der Waals surface area contributed by atoms with Crippen molar-refractivity contribution < 1.29 is 0 Å². The SMILES string of the molecule is CCc1cc(C2CCCC2)cc(CC)c1NC(=S)NCC(C)C. The van der Waals surface area contributed by atoms with Crippen LogP contribution in [0.4, 0.5) is 5.69 Å². The predicted molar refractivity (Wildman–Crippen MR) is 105 cm³/mol. The summed E-state index contributed by atoms with van der Waals surface area (Å²) in [5, 5.41) is 7.54. The van der Waals surface area contributed by atoms with Gasteiger partial charge in [0.1, 0.15) is 0 Å². The van der Waals surface area contributed by atoms with Crippen LogP contribution < -0.4 is 10.6 Å². The second-order valence-corrected chi connectivity index (χ2v) is 7.54. The third kappa shape index (κ3) is 4.94. The van der Waals surface area contributed by atoms with E-state index in [0.717, 1.165) is 30.4 Å². The van der Waals surface area contributed by atoms with Gasteiger partial charge in [0.05, 0.1) is 0 Å². The summed E-state index contributed by atoms with van der Waals surface area (Å²) in [6.07, 6.45) is 7.57. The van der Waals surface area contributed by atoms with Gasteiger partial charge in [-0.3, -0.25) is 0 Å². The number of thiocarbonyl (C=S) groups is 1. The van der Waals surface area contributed by atoms with Crippen LogP contribution in [0.2, 0.25) is 0 Å². The Labute approximate surface area is 147 Å². The normalized spacial score (nSPS) is 15.2. The van der Waals surface area contributed by atoms with Gasteiger partial charge in [-0.05, 0) is 66.4 Å². The lowest BCUT2D eigenvalue weighted by molar-refractivity contribution is 0.627. The van der Waals surface area contributed by atoms with E-state index in [9.17, 15) is 0 Å². The third-order valence-corrected chi connectivity index (χ3v) is 5.07. The van der Waals surface area contributed by atoms with Crippen LogP contribution in [0.3, 0.4) is 0 Å². The topological polar surface area (TPSA) is 24.1 Å². The molecule has 1 aromatic carbocycles. The van der Waals surface area contributed by atoms with Gasteiger partial charge in [-0.2, -0.15) is 0 Å². The maximum absolute atomic E-state index is 5.49.